The van der Waals surface area contributed by atoms with Gasteiger partial charge < -0.3 is 5.11 Å². The smallest absolute Gasteiger partial charge is 0.322 e. The van der Waals surface area contributed by atoms with Gasteiger partial charge in [-0.15, -0.1) is 0 Å². The summed E-state index contributed by atoms with van der Waals surface area (Å²) in [7, 11) is -4.00. The van der Waals surface area contributed by atoms with Crippen LogP contribution in [0, 0.1) is 17.1 Å². The van der Waals surface area contributed by atoms with Crippen molar-refractivity contribution in [2.45, 2.75) is 37.6 Å². The summed E-state index contributed by atoms with van der Waals surface area (Å²) < 4.78 is 39.7. The molecule has 1 fully saturated rings. The zero-order valence-electron chi connectivity index (χ0n) is 11.9. The van der Waals surface area contributed by atoms with Crippen LogP contribution in [0.2, 0.25) is 0 Å². The van der Waals surface area contributed by atoms with Gasteiger partial charge in [0.25, 0.3) is 0 Å². The quantitative estimate of drug-likeness (QED) is 0.903. The fourth-order valence-corrected chi connectivity index (χ4v) is 4.69. The van der Waals surface area contributed by atoms with E-state index in [1.54, 1.807) is 6.92 Å². The molecule has 1 heterocycles. The first-order valence-electron chi connectivity index (χ1n) is 6.69. The van der Waals surface area contributed by atoms with Crippen LogP contribution in [-0.4, -0.2) is 35.9 Å². The highest BCUT2D eigenvalue weighted by molar-refractivity contribution is 7.88. The molecule has 0 radical (unpaired) electrons. The van der Waals surface area contributed by atoms with Crippen LogP contribution in [0.5, 0.6) is 0 Å². The van der Waals surface area contributed by atoms with Crippen molar-refractivity contribution < 1.29 is 22.7 Å². The number of carbonyl (C=O) groups is 1. The van der Waals surface area contributed by atoms with Crippen LogP contribution >= 0.6 is 0 Å². The molecule has 0 amide bonds. The number of hydrogen-bond acceptors (Lipinski definition) is 4. The maximum absolute atomic E-state index is 13.8. The molecule has 1 N–H and O–H groups in total. The van der Waals surface area contributed by atoms with Crippen LogP contribution in [0.3, 0.4) is 0 Å². The molecule has 1 aliphatic rings. The Balaban J connectivity index is 2.35. The number of benzene rings is 1. The lowest BCUT2D eigenvalue weighted by Crippen LogP contribution is -2.44. The van der Waals surface area contributed by atoms with E-state index in [9.17, 15) is 17.6 Å². The zero-order valence-corrected chi connectivity index (χ0v) is 12.7. The van der Waals surface area contributed by atoms with Crippen molar-refractivity contribution in [3.8, 4) is 6.07 Å². The van der Waals surface area contributed by atoms with Crippen molar-refractivity contribution in [1.29, 1.82) is 5.26 Å². The second-order valence-electron chi connectivity index (χ2n) is 5.28. The van der Waals surface area contributed by atoms with E-state index < -0.39 is 39.6 Å². The molecule has 0 aromatic heterocycles. The number of carboxylic acid groups (broad SMARTS) is 1. The largest absolute Gasteiger partial charge is 0.480 e. The van der Waals surface area contributed by atoms with Gasteiger partial charge in [-0.2, -0.15) is 9.57 Å². The predicted molar refractivity (Wildman–Crippen MR) is 75.7 cm³/mol. The van der Waals surface area contributed by atoms with Crippen LogP contribution in [0.1, 0.15) is 30.9 Å². The molecule has 1 aliphatic heterocycles. The average Bonchev–Trinajstić information content (AvgIpc) is 2.84. The fourth-order valence-electron chi connectivity index (χ4n) is 2.69. The number of sulfonamides is 1. The van der Waals surface area contributed by atoms with Crippen molar-refractivity contribution >= 4 is 16.0 Å². The summed E-state index contributed by atoms with van der Waals surface area (Å²) in [6.07, 6.45) is 0.674. The minimum absolute atomic E-state index is 0.137. The molecule has 1 aromatic rings. The van der Waals surface area contributed by atoms with Gasteiger partial charge in [0.15, 0.2) is 0 Å². The Bertz CT molecular complexity index is 742. The van der Waals surface area contributed by atoms with Gasteiger partial charge in [-0.1, -0.05) is 0 Å². The highest BCUT2D eigenvalue weighted by Gasteiger charge is 2.43. The second kappa shape index (κ2) is 6.02. The molecule has 0 bridgehead atoms. The van der Waals surface area contributed by atoms with Gasteiger partial charge in [0.2, 0.25) is 10.0 Å². The standard InChI is InChI=1S/C14H15FN2O4S/c1-9-2-5-13(14(18)19)17(9)22(20,21)8-11-6-10(7-16)3-4-12(11)15/h3-4,6,9,13H,2,5,8H2,1H3,(H,18,19)/t9-,13-/m1/s1. The third-order valence-electron chi connectivity index (χ3n) is 3.72. The van der Waals surface area contributed by atoms with E-state index in [0.717, 1.165) is 10.4 Å². The number of hydrogen-bond donors (Lipinski definition) is 1. The Morgan fingerprint density at radius 2 is 2.18 bits per heavy atom. The second-order valence-corrected chi connectivity index (χ2v) is 7.16. The Hall–Kier alpha value is -1.98. The van der Waals surface area contributed by atoms with Gasteiger partial charge in [-0.05, 0) is 38.0 Å². The minimum Gasteiger partial charge on any atom is -0.480 e. The highest BCUT2D eigenvalue weighted by atomic mass is 32.2. The number of carboxylic acids is 1. The maximum Gasteiger partial charge on any atom is 0.322 e. The Morgan fingerprint density at radius 1 is 1.50 bits per heavy atom. The van der Waals surface area contributed by atoms with Gasteiger partial charge in [0.05, 0.1) is 17.4 Å². The molecule has 2 rings (SSSR count). The van der Waals surface area contributed by atoms with E-state index >= 15 is 0 Å². The summed E-state index contributed by atoms with van der Waals surface area (Å²) in [4.78, 5) is 11.2. The first-order valence-corrected chi connectivity index (χ1v) is 8.29. The number of rotatable bonds is 4. The normalized spacial score (nSPS) is 22.4. The van der Waals surface area contributed by atoms with Crippen molar-refractivity contribution in [2.24, 2.45) is 0 Å². The highest BCUT2D eigenvalue weighted by Crippen LogP contribution is 2.29. The lowest BCUT2D eigenvalue weighted by atomic mass is 10.1. The summed E-state index contributed by atoms with van der Waals surface area (Å²) in [6.45, 7) is 1.63. The average molecular weight is 326 g/mol. The van der Waals surface area contributed by atoms with E-state index in [0.29, 0.717) is 6.42 Å². The lowest BCUT2D eigenvalue weighted by molar-refractivity contribution is -0.140. The van der Waals surface area contributed by atoms with E-state index in [-0.39, 0.29) is 17.5 Å². The van der Waals surface area contributed by atoms with Crippen molar-refractivity contribution in [3.63, 3.8) is 0 Å². The van der Waals surface area contributed by atoms with E-state index in [2.05, 4.69) is 0 Å². The number of halogens is 1. The fraction of sp³-hybridized carbons (Fsp3) is 0.429. The van der Waals surface area contributed by atoms with E-state index in [4.69, 9.17) is 10.4 Å². The Morgan fingerprint density at radius 3 is 2.77 bits per heavy atom. The number of nitrogens with zero attached hydrogens (tertiary/aromatic N) is 2. The van der Waals surface area contributed by atoms with Gasteiger partial charge >= 0.3 is 5.97 Å². The van der Waals surface area contributed by atoms with Crippen LogP contribution in [0.4, 0.5) is 4.39 Å². The number of aliphatic carboxylic acids is 1. The molecule has 0 saturated carbocycles. The van der Waals surface area contributed by atoms with Crippen LogP contribution < -0.4 is 0 Å². The molecule has 1 aromatic carbocycles. The molecule has 8 heteroatoms. The molecule has 118 valence electrons. The maximum atomic E-state index is 13.8. The van der Waals surface area contributed by atoms with Crippen LogP contribution in [0.25, 0.3) is 0 Å². The molecule has 2 atom stereocenters. The third-order valence-corrected chi connectivity index (χ3v) is 5.65. The molecular weight excluding hydrogens is 311 g/mol. The molecule has 0 unspecified atom stereocenters. The molecule has 22 heavy (non-hydrogen) atoms. The molecular formula is C14H15FN2O4S. The lowest BCUT2D eigenvalue weighted by Gasteiger charge is -2.25. The van der Waals surface area contributed by atoms with E-state index in [1.807, 2.05) is 6.07 Å². The van der Waals surface area contributed by atoms with Crippen molar-refractivity contribution in [1.82, 2.24) is 4.31 Å². The molecule has 0 spiro atoms. The first-order chi connectivity index (χ1) is 10.3. The van der Waals surface area contributed by atoms with Gasteiger partial charge in [-0.25, -0.2) is 12.8 Å². The molecule has 6 nitrogen and oxygen atoms in total. The van der Waals surface area contributed by atoms with Gasteiger partial charge in [0, 0.05) is 11.6 Å². The summed E-state index contributed by atoms with van der Waals surface area (Å²) in [5, 5.41) is 18.0. The topological polar surface area (TPSA) is 98.5 Å². The SMILES string of the molecule is C[C@@H]1CC[C@H](C(=O)O)N1S(=O)(=O)Cc1cc(C#N)ccc1F. The van der Waals surface area contributed by atoms with Crippen molar-refractivity contribution in [3.05, 3.63) is 35.1 Å². The minimum atomic E-state index is -4.00. The summed E-state index contributed by atoms with van der Waals surface area (Å²) in [5.74, 6) is -2.61. The molecule has 0 aliphatic carbocycles. The van der Waals surface area contributed by atoms with Crippen LogP contribution in [0.15, 0.2) is 18.2 Å². The summed E-state index contributed by atoms with van der Waals surface area (Å²) >= 11 is 0. The Kier molecular flexibility index (Phi) is 4.49. The number of nitriles is 1. The summed E-state index contributed by atoms with van der Waals surface area (Å²) in [6, 6.07) is 3.70. The Labute approximate surface area is 127 Å². The first kappa shape index (κ1) is 16.4. The summed E-state index contributed by atoms with van der Waals surface area (Å²) in [5.41, 5.74) is 0.0122. The van der Waals surface area contributed by atoms with Gasteiger partial charge in [0.1, 0.15) is 11.9 Å². The zero-order chi connectivity index (χ0) is 16.5. The monoisotopic (exact) mass is 326 g/mol. The predicted octanol–water partition coefficient (Wildman–Crippen LogP) is 1.46. The van der Waals surface area contributed by atoms with Crippen molar-refractivity contribution in [2.75, 3.05) is 0 Å². The van der Waals surface area contributed by atoms with Crippen LogP contribution in [-0.2, 0) is 20.6 Å². The molecule has 1 saturated heterocycles. The third kappa shape index (κ3) is 3.10. The van der Waals surface area contributed by atoms with E-state index in [1.165, 1.54) is 12.1 Å². The van der Waals surface area contributed by atoms with Gasteiger partial charge in [-0.3, -0.25) is 4.79 Å².